The summed E-state index contributed by atoms with van der Waals surface area (Å²) in [4.78, 5) is 0. The predicted octanol–water partition coefficient (Wildman–Crippen LogP) is 4.50. The average molecular weight is 329 g/mol. The zero-order chi connectivity index (χ0) is 17.2. The molecule has 0 amide bonds. The molecule has 0 saturated heterocycles. The van der Waals surface area contributed by atoms with Gasteiger partial charge in [-0.3, -0.25) is 0 Å². The van der Waals surface area contributed by atoms with Gasteiger partial charge in [0, 0.05) is 24.4 Å². The van der Waals surface area contributed by atoms with Crippen molar-refractivity contribution >= 4 is 5.69 Å². The van der Waals surface area contributed by atoms with E-state index < -0.39 is 0 Å². The molecular formula is C20H27NO3. The Morgan fingerprint density at radius 2 is 1.71 bits per heavy atom. The van der Waals surface area contributed by atoms with Gasteiger partial charge in [-0.2, -0.15) is 0 Å². The highest BCUT2D eigenvalue weighted by atomic mass is 16.5. The lowest BCUT2D eigenvalue weighted by Gasteiger charge is -2.14. The minimum atomic E-state index is 0.185. The Morgan fingerprint density at radius 1 is 0.958 bits per heavy atom. The summed E-state index contributed by atoms with van der Waals surface area (Å²) in [5, 5.41) is 3.42. The Morgan fingerprint density at radius 3 is 2.42 bits per heavy atom. The molecular weight excluding hydrogens is 302 g/mol. The fourth-order valence-electron chi connectivity index (χ4n) is 2.27. The predicted molar refractivity (Wildman–Crippen MR) is 98.0 cm³/mol. The number of anilines is 1. The highest BCUT2D eigenvalue weighted by molar-refractivity contribution is 5.48. The van der Waals surface area contributed by atoms with Crippen molar-refractivity contribution in [2.24, 2.45) is 0 Å². The number of nitrogens with one attached hydrogen (secondary N) is 1. The van der Waals surface area contributed by atoms with Crippen LogP contribution in [0.2, 0.25) is 0 Å². The van der Waals surface area contributed by atoms with Crippen molar-refractivity contribution in [1.82, 2.24) is 0 Å². The lowest BCUT2D eigenvalue weighted by molar-refractivity contribution is 0.110. The Kier molecular flexibility index (Phi) is 7.43. The summed E-state index contributed by atoms with van der Waals surface area (Å²) in [5.41, 5.74) is 2.17. The maximum atomic E-state index is 5.81. The Bertz CT molecular complexity index is 596. The molecule has 0 aliphatic carbocycles. The Balaban J connectivity index is 1.89. The van der Waals surface area contributed by atoms with Gasteiger partial charge >= 0.3 is 0 Å². The first-order valence-corrected chi connectivity index (χ1v) is 8.48. The summed E-state index contributed by atoms with van der Waals surface area (Å²) in [7, 11) is 0. The first-order chi connectivity index (χ1) is 11.7. The standard InChI is InChI=1S/C20H27NO3/c1-4-22-13-14-23-20-8-6-5-7-17(20)15-21-18-9-11-19(12-10-18)24-16(2)3/h5-12,16,21H,4,13-15H2,1-3H3. The van der Waals surface area contributed by atoms with Gasteiger partial charge in [-0.1, -0.05) is 18.2 Å². The van der Waals surface area contributed by atoms with Gasteiger partial charge < -0.3 is 19.5 Å². The molecule has 0 atom stereocenters. The monoisotopic (exact) mass is 329 g/mol. The van der Waals surface area contributed by atoms with Crippen molar-refractivity contribution in [1.29, 1.82) is 0 Å². The molecule has 0 spiro atoms. The molecule has 0 heterocycles. The van der Waals surface area contributed by atoms with Gasteiger partial charge in [-0.15, -0.1) is 0 Å². The van der Waals surface area contributed by atoms with Gasteiger partial charge in [-0.25, -0.2) is 0 Å². The summed E-state index contributed by atoms with van der Waals surface area (Å²) in [6, 6.07) is 16.1. The molecule has 2 aromatic rings. The van der Waals surface area contributed by atoms with Gasteiger partial charge in [0.25, 0.3) is 0 Å². The highest BCUT2D eigenvalue weighted by Gasteiger charge is 2.04. The third-order valence-electron chi connectivity index (χ3n) is 3.37. The number of hydrogen-bond donors (Lipinski definition) is 1. The van der Waals surface area contributed by atoms with Crippen molar-refractivity contribution in [3.63, 3.8) is 0 Å². The minimum Gasteiger partial charge on any atom is -0.491 e. The van der Waals surface area contributed by atoms with E-state index in [-0.39, 0.29) is 6.10 Å². The molecule has 4 nitrogen and oxygen atoms in total. The molecule has 4 heteroatoms. The number of hydrogen-bond acceptors (Lipinski definition) is 4. The smallest absolute Gasteiger partial charge is 0.124 e. The van der Waals surface area contributed by atoms with Crippen LogP contribution in [0.1, 0.15) is 26.3 Å². The Labute approximate surface area is 144 Å². The van der Waals surface area contributed by atoms with Crippen molar-refractivity contribution < 1.29 is 14.2 Å². The van der Waals surface area contributed by atoms with Crippen LogP contribution in [0, 0.1) is 0 Å². The van der Waals surface area contributed by atoms with E-state index in [1.165, 1.54) is 0 Å². The maximum Gasteiger partial charge on any atom is 0.124 e. The number of para-hydroxylation sites is 1. The van der Waals surface area contributed by atoms with Crippen LogP contribution < -0.4 is 14.8 Å². The summed E-state index contributed by atoms with van der Waals surface area (Å²) < 4.78 is 16.8. The first-order valence-electron chi connectivity index (χ1n) is 8.48. The second-order valence-corrected chi connectivity index (χ2v) is 5.70. The molecule has 0 aromatic heterocycles. The van der Waals surface area contributed by atoms with E-state index in [0.717, 1.165) is 22.7 Å². The third kappa shape index (κ3) is 6.13. The minimum absolute atomic E-state index is 0.185. The van der Waals surface area contributed by atoms with Crippen LogP contribution in [0.4, 0.5) is 5.69 Å². The average Bonchev–Trinajstić information content (AvgIpc) is 2.58. The van der Waals surface area contributed by atoms with Gasteiger partial charge in [0.2, 0.25) is 0 Å². The van der Waals surface area contributed by atoms with E-state index in [1.807, 2.05) is 63.2 Å². The molecule has 1 N–H and O–H groups in total. The molecule has 0 aliphatic rings. The molecule has 0 bridgehead atoms. The van der Waals surface area contributed by atoms with Crippen LogP contribution in [0.15, 0.2) is 48.5 Å². The molecule has 2 aromatic carbocycles. The summed E-state index contributed by atoms with van der Waals surface area (Å²) in [6.07, 6.45) is 0.185. The molecule has 0 fully saturated rings. The number of rotatable bonds is 10. The largest absolute Gasteiger partial charge is 0.491 e. The van der Waals surface area contributed by atoms with Crippen LogP contribution in [-0.2, 0) is 11.3 Å². The van der Waals surface area contributed by atoms with E-state index >= 15 is 0 Å². The molecule has 0 saturated carbocycles. The molecule has 0 aliphatic heterocycles. The maximum absolute atomic E-state index is 5.81. The van der Waals surface area contributed by atoms with E-state index in [2.05, 4.69) is 11.4 Å². The van der Waals surface area contributed by atoms with E-state index in [9.17, 15) is 0 Å². The fraction of sp³-hybridized carbons (Fsp3) is 0.400. The molecule has 0 radical (unpaired) electrons. The van der Waals surface area contributed by atoms with Crippen molar-refractivity contribution in [2.45, 2.75) is 33.4 Å². The van der Waals surface area contributed by atoms with Crippen molar-refractivity contribution in [3.05, 3.63) is 54.1 Å². The normalized spacial score (nSPS) is 10.7. The Hall–Kier alpha value is -2.20. The SMILES string of the molecule is CCOCCOc1ccccc1CNc1ccc(OC(C)C)cc1. The van der Waals surface area contributed by atoms with Crippen molar-refractivity contribution in [3.8, 4) is 11.5 Å². The lowest BCUT2D eigenvalue weighted by atomic mass is 10.2. The van der Waals surface area contributed by atoms with E-state index in [0.29, 0.717) is 26.4 Å². The summed E-state index contributed by atoms with van der Waals surface area (Å²) in [6.45, 7) is 8.61. The quantitative estimate of drug-likeness (QED) is 0.651. The second kappa shape index (κ2) is 9.83. The second-order valence-electron chi connectivity index (χ2n) is 5.70. The first kappa shape index (κ1) is 18.1. The van der Waals surface area contributed by atoms with Gasteiger partial charge in [0.1, 0.15) is 18.1 Å². The molecule has 24 heavy (non-hydrogen) atoms. The molecule has 2 rings (SSSR count). The molecule has 130 valence electrons. The van der Waals surface area contributed by atoms with Gasteiger partial charge in [-0.05, 0) is 51.1 Å². The zero-order valence-electron chi connectivity index (χ0n) is 14.7. The van der Waals surface area contributed by atoms with Crippen LogP contribution in [-0.4, -0.2) is 25.9 Å². The van der Waals surface area contributed by atoms with Crippen LogP contribution in [0.25, 0.3) is 0 Å². The van der Waals surface area contributed by atoms with Gasteiger partial charge in [0.05, 0.1) is 12.7 Å². The van der Waals surface area contributed by atoms with Gasteiger partial charge in [0.15, 0.2) is 0 Å². The molecule has 0 unspecified atom stereocenters. The number of ether oxygens (including phenoxy) is 3. The topological polar surface area (TPSA) is 39.7 Å². The summed E-state index contributed by atoms with van der Waals surface area (Å²) in [5.74, 6) is 1.78. The van der Waals surface area contributed by atoms with Crippen molar-refractivity contribution in [2.75, 3.05) is 25.1 Å². The fourth-order valence-corrected chi connectivity index (χ4v) is 2.27. The summed E-state index contributed by atoms with van der Waals surface area (Å²) >= 11 is 0. The van der Waals surface area contributed by atoms with Crippen LogP contribution in [0.3, 0.4) is 0 Å². The zero-order valence-corrected chi connectivity index (χ0v) is 14.7. The number of benzene rings is 2. The van der Waals surface area contributed by atoms with Crippen LogP contribution in [0.5, 0.6) is 11.5 Å². The lowest BCUT2D eigenvalue weighted by Crippen LogP contribution is -2.09. The van der Waals surface area contributed by atoms with Crippen LogP contribution >= 0.6 is 0 Å². The van der Waals surface area contributed by atoms with E-state index in [1.54, 1.807) is 0 Å². The third-order valence-corrected chi connectivity index (χ3v) is 3.37. The van der Waals surface area contributed by atoms with E-state index in [4.69, 9.17) is 14.2 Å². The highest BCUT2D eigenvalue weighted by Crippen LogP contribution is 2.21.